The second-order valence-corrected chi connectivity index (χ2v) is 8.22. The van der Waals surface area contributed by atoms with Crippen molar-refractivity contribution in [2.75, 3.05) is 0 Å². The summed E-state index contributed by atoms with van der Waals surface area (Å²) < 4.78 is 0. The summed E-state index contributed by atoms with van der Waals surface area (Å²) in [7, 11) is 0. The average molecular weight is 289 g/mol. The monoisotopic (exact) mass is 288 g/mol. The number of rotatable bonds is 5. The molecule has 0 heterocycles. The van der Waals surface area contributed by atoms with Gasteiger partial charge in [0.1, 0.15) is 0 Å². The fraction of sp³-hybridized carbons (Fsp3) is 1.00. The smallest absolute Gasteiger partial charge is 0.0645 e. The maximum absolute atomic E-state index is 10.1. The van der Waals surface area contributed by atoms with Gasteiger partial charge in [-0.2, -0.15) is 0 Å². The molecule has 0 spiro atoms. The van der Waals surface area contributed by atoms with Gasteiger partial charge in [0.25, 0.3) is 0 Å². The second kappa shape index (κ2) is 8.38. The molecule has 0 aliphatic carbocycles. The summed E-state index contributed by atoms with van der Waals surface area (Å²) in [5.74, 6) is 0.623. The van der Waals surface area contributed by atoms with Gasteiger partial charge in [0, 0.05) is 0 Å². The van der Waals surface area contributed by atoms with E-state index in [1.54, 1.807) is 6.92 Å². The summed E-state index contributed by atoms with van der Waals surface area (Å²) >= 11 is 0. The van der Waals surface area contributed by atoms with Gasteiger partial charge in [-0.3, -0.25) is 0 Å². The molecule has 0 aliphatic rings. The van der Waals surface area contributed by atoms with Gasteiger partial charge in [0.05, 0.1) is 11.7 Å². The third kappa shape index (κ3) is 7.64. The minimum atomic E-state index is -0.581. The van der Waals surface area contributed by atoms with Crippen LogP contribution in [-0.4, -0.2) is 21.9 Å². The van der Waals surface area contributed by atoms with Crippen molar-refractivity contribution in [1.82, 2.24) is 0 Å². The van der Waals surface area contributed by atoms with Crippen LogP contribution in [0.15, 0.2) is 0 Å². The lowest BCUT2D eigenvalue weighted by molar-refractivity contribution is -0.0718. The first-order chi connectivity index (χ1) is 8.71. The molecule has 0 radical (unpaired) electrons. The van der Waals surface area contributed by atoms with Gasteiger partial charge in [-0.15, -0.1) is 0 Å². The van der Waals surface area contributed by atoms with Gasteiger partial charge in [-0.05, 0) is 37.5 Å². The minimum absolute atomic E-state index is 0.0117. The molecule has 0 aliphatic heterocycles. The summed E-state index contributed by atoms with van der Waals surface area (Å²) in [6.45, 7) is 20.5. The molecule has 2 N–H and O–H groups in total. The molecule has 0 saturated heterocycles. The van der Waals surface area contributed by atoms with Gasteiger partial charge in [0.2, 0.25) is 0 Å². The summed E-state index contributed by atoms with van der Waals surface area (Å²) in [5.41, 5.74) is -0.513. The first kappa shape index (κ1) is 22.2. The number of hydrogen-bond acceptors (Lipinski definition) is 2. The van der Waals surface area contributed by atoms with Crippen LogP contribution in [0.3, 0.4) is 0 Å². The van der Waals surface area contributed by atoms with E-state index in [0.717, 1.165) is 6.42 Å². The van der Waals surface area contributed by atoms with Crippen molar-refractivity contribution in [3.05, 3.63) is 0 Å². The third-order valence-electron chi connectivity index (χ3n) is 4.98. The number of aliphatic hydroxyl groups is 2. The molecule has 0 aromatic rings. The SMILES string of the molecule is CC(O)C(C)(C)C.CCCC(CC)C(C)(C)C(C)(C)O. The Labute approximate surface area is 128 Å². The van der Waals surface area contributed by atoms with Gasteiger partial charge in [-0.1, -0.05) is 67.7 Å². The van der Waals surface area contributed by atoms with Crippen LogP contribution in [0, 0.1) is 16.7 Å². The second-order valence-electron chi connectivity index (χ2n) is 8.22. The largest absolute Gasteiger partial charge is 0.393 e. The predicted octanol–water partition coefficient (Wildman–Crippen LogP) is 5.02. The molecule has 0 amide bonds. The van der Waals surface area contributed by atoms with Crippen molar-refractivity contribution in [2.24, 2.45) is 16.7 Å². The first-order valence-corrected chi connectivity index (χ1v) is 8.12. The lowest BCUT2D eigenvalue weighted by Gasteiger charge is -2.43. The van der Waals surface area contributed by atoms with Crippen LogP contribution >= 0.6 is 0 Å². The Bertz CT molecular complexity index is 241. The topological polar surface area (TPSA) is 40.5 Å². The highest BCUT2D eigenvalue weighted by atomic mass is 16.3. The van der Waals surface area contributed by atoms with E-state index in [1.165, 1.54) is 12.8 Å². The standard InChI is InChI=1S/C12H26O.C6H14O/c1-7-9-10(8-2)11(3,4)12(5,6)13;1-5(7)6(2,3)4/h10,13H,7-9H2,1-6H3;5,7H,1-4H3. The molecule has 20 heavy (non-hydrogen) atoms. The lowest BCUT2D eigenvalue weighted by atomic mass is 9.65. The fourth-order valence-electron chi connectivity index (χ4n) is 1.92. The van der Waals surface area contributed by atoms with Gasteiger partial charge < -0.3 is 10.2 Å². The molecule has 0 rings (SSSR count). The molecular formula is C18H40O2. The maximum atomic E-state index is 10.1. The zero-order chi connectivity index (χ0) is 16.8. The Morgan fingerprint density at radius 2 is 1.25 bits per heavy atom. The molecule has 0 aromatic heterocycles. The van der Waals surface area contributed by atoms with Crippen molar-refractivity contribution in [2.45, 2.75) is 100 Å². The normalized spacial score (nSPS) is 16.2. The molecule has 124 valence electrons. The number of hydrogen-bond donors (Lipinski definition) is 2. The van der Waals surface area contributed by atoms with E-state index in [0.29, 0.717) is 5.92 Å². The molecule has 0 bridgehead atoms. The number of aliphatic hydroxyl groups excluding tert-OH is 1. The minimum Gasteiger partial charge on any atom is -0.393 e. The first-order valence-electron chi connectivity index (χ1n) is 8.12. The van der Waals surface area contributed by atoms with Crippen molar-refractivity contribution in [1.29, 1.82) is 0 Å². The van der Waals surface area contributed by atoms with Crippen LogP contribution in [0.2, 0.25) is 0 Å². The fourth-order valence-corrected chi connectivity index (χ4v) is 1.92. The molecular weight excluding hydrogens is 248 g/mol. The van der Waals surface area contributed by atoms with E-state index >= 15 is 0 Å². The molecule has 0 saturated carbocycles. The maximum Gasteiger partial charge on any atom is 0.0645 e. The highest BCUT2D eigenvalue weighted by Crippen LogP contribution is 2.41. The Balaban J connectivity index is 0. The van der Waals surface area contributed by atoms with Crippen LogP contribution in [0.1, 0.15) is 88.5 Å². The quantitative estimate of drug-likeness (QED) is 0.745. The highest BCUT2D eigenvalue weighted by molar-refractivity contribution is 4.90. The van der Waals surface area contributed by atoms with Crippen LogP contribution in [-0.2, 0) is 0 Å². The molecule has 2 heteroatoms. The predicted molar refractivity (Wildman–Crippen MR) is 89.9 cm³/mol. The van der Waals surface area contributed by atoms with Gasteiger partial charge in [-0.25, -0.2) is 0 Å². The lowest BCUT2D eigenvalue weighted by Crippen LogP contribution is -2.44. The van der Waals surface area contributed by atoms with Gasteiger partial charge >= 0.3 is 0 Å². The molecule has 2 atom stereocenters. The average Bonchev–Trinajstić information content (AvgIpc) is 2.23. The van der Waals surface area contributed by atoms with Crippen molar-refractivity contribution in [3.8, 4) is 0 Å². The Morgan fingerprint density at radius 1 is 0.900 bits per heavy atom. The van der Waals surface area contributed by atoms with E-state index in [1.807, 2.05) is 34.6 Å². The van der Waals surface area contributed by atoms with Crippen molar-refractivity contribution < 1.29 is 10.2 Å². The van der Waals surface area contributed by atoms with E-state index in [-0.39, 0.29) is 16.9 Å². The Hall–Kier alpha value is -0.0800. The van der Waals surface area contributed by atoms with Crippen molar-refractivity contribution >= 4 is 0 Å². The molecule has 0 fully saturated rings. The van der Waals surface area contributed by atoms with Crippen LogP contribution in [0.5, 0.6) is 0 Å². The summed E-state index contributed by atoms with van der Waals surface area (Å²) in [5, 5.41) is 19.0. The Morgan fingerprint density at radius 3 is 1.40 bits per heavy atom. The third-order valence-corrected chi connectivity index (χ3v) is 4.98. The van der Waals surface area contributed by atoms with E-state index in [2.05, 4.69) is 27.7 Å². The summed E-state index contributed by atoms with van der Waals surface area (Å²) in [6, 6.07) is 0. The molecule has 0 aromatic carbocycles. The molecule has 2 nitrogen and oxygen atoms in total. The highest BCUT2D eigenvalue weighted by Gasteiger charge is 2.40. The van der Waals surface area contributed by atoms with Crippen molar-refractivity contribution in [3.63, 3.8) is 0 Å². The zero-order valence-corrected chi connectivity index (χ0v) is 15.7. The Kier molecular flexibility index (Phi) is 9.31. The zero-order valence-electron chi connectivity index (χ0n) is 15.7. The van der Waals surface area contributed by atoms with Crippen LogP contribution in [0.25, 0.3) is 0 Å². The summed E-state index contributed by atoms with van der Waals surface area (Å²) in [6.07, 6.45) is 3.38. The molecule has 2 unspecified atom stereocenters. The van der Waals surface area contributed by atoms with E-state index < -0.39 is 5.60 Å². The van der Waals surface area contributed by atoms with Gasteiger partial charge in [0.15, 0.2) is 0 Å². The van der Waals surface area contributed by atoms with E-state index in [4.69, 9.17) is 5.11 Å². The van der Waals surface area contributed by atoms with Crippen LogP contribution < -0.4 is 0 Å². The van der Waals surface area contributed by atoms with E-state index in [9.17, 15) is 5.11 Å². The van der Waals surface area contributed by atoms with Crippen LogP contribution in [0.4, 0.5) is 0 Å². The summed E-state index contributed by atoms with van der Waals surface area (Å²) in [4.78, 5) is 0.